The van der Waals surface area contributed by atoms with Gasteiger partial charge in [-0.2, -0.15) is 12.6 Å². The summed E-state index contributed by atoms with van der Waals surface area (Å²) in [6.07, 6.45) is 0. The number of benzene rings is 2. The molecule has 0 amide bonds. The summed E-state index contributed by atoms with van der Waals surface area (Å²) in [7, 11) is 0. The van der Waals surface area contributed by atoms with Crippen LogP contribution in [0.25, 0.3) is 0 Å². The Bertz CT molecular complexity index is 622. The van der Waals surface area contributed by atoms with E-state index >= 15 is 0 Å². The quantitative estimate of drug-likeness (QED) is 0.466. The lowest BCUT2D eigenvalue weighted by atomic mass is 10.0. The van der Waals surface area contributed by atoms with Gasteiger partial charge in [0.05, 0.1) is 22.1 Å². The van der Waals surface area contributed by atoms with Crippen LogP contribution in [0.1, 0.15) is 11.5 Å². The molecule has 110 valence electrons. The van der Waals surface area contributed by atoms with Crippen molar-refractivity contribution in [1.82, 2.24) is 0 Å². The molecule has 0 N–H and O–H groups in total. The predicted molar refractivity (Wildman–Crippen MR) is 89.3 cm³/mol. The number of ether oxygens (including phenoxy) is 1. The summed E-state index contributed by atoms with van der Waals surface area (Å²) in [4.78, 5) is 10.4. The first-order valence-corrected chi connectivity index (χ1v) is 7.77. The monoisotopic (exact) mass is 367 g/mol. The van der Waals surface area contributed by atoms with Crippen LogP contribution in [0, 0.1) is 10.1 Å². The van der Waals surface area contributed by atoms with Gasteiger partial charge in [-0.1, -0.05) is 30.3 Å². The average molecular weight is 368 g/mol. The first-order chi connectivity index (χ1) is 10.1. The number of nitrogens with zero attached hydrogens (tertiary/aromatic N) is 1. The van der Waals surface area contributed by atoms with E-state index < -0.39 is 4.92 Å². The lowest BCUT2D eigenvalue weighted by molar-refractivity contribution is -0.385. The van der Waals surface area contributed by atoms with Crippen molar-refractivity contribution in [3.63, 3.8) is 0 Å². The zero-order valence-electron chi connectivity index (χ0n) is 11.1. The summed E-state index contributed by atoms with van der Waals surface area (Å²) in [6.45, 7) is 0.410. The molecule has 0 aliphatic rings. The summed E-state index contributed by atoms with van der Waals surface area (Å²) in [5.41, 5.74) is 1.14. The molecule has 0 heterocycles. The van der Waals surface area contributed by atoms with E-state index in [2.05, 4.69) is 28.6 Å². The Morgan fingerprint density at radius 1 is 1.24 bits per heavy atom. The van der Waals surface area contributed by atoms with E-state index in [0.29, 0.717) is 22.6 Å². The fourth-order valence-corrected chi connectivity index (χ4v) is 2.56. The van der Waals surface area contributed by atoms with Gasteiger partial charge in [0, 0.05) is 17.7 Å². The highest BCUT2D eigenvalue weighted by Crippen LogP contribution is 2.30. The van der Waals surface area contributed by atoms with Crippen LogP contribution >= 0.6 is 28.6 Å². The molecule has 1 atom stereocenters. The van der Waals surface area contributed by atoms with Crippen LogP contribution in [0.15, 0.2) is 53.0 Å². The number of halogens is 1. The first kappa shape index (κ1) is 15.9. The van der Waals surface area contributed by atoms with Gasteiger partial charge in [-0.15, -0.1) is 0 Å². The van der Waals surface area contributed by atoms with E-state index in [1.54, 1.807) is 6.07 Å². The fraction of sp³-hybridized carbons (Fsp3) is 0.200. The normalized spacial score (nSPS) is 11.9. The van der Waals surface area contributed by atoms with Crippen LogP contribution in [-0.2, 0) is 0 Å². The second kappa shape index (κ2) is 7.47. The van der Waals surface area contributed by atoms with Crippen molar-refractivity contribution in [2.45, 2.75) is 5.92 Å². The molecule has 2 rings (SSSR count). The standard InChI is InChI=1S/C15H14BrNO3S/c16-14-7-6-13(17(18)19)8-15(14)20-9-12(10-21)11-4-2-1-3-5-11/h1-8,12,21H,9-10H2. The van der Waals surface area contributed by atoms with Gasteiger partial charge in [-0.25, -0.2) is 0 Å². The molecule has 0 aliphatic carbocycles. The number of non-ortho nitro benzene ring substituents is 1. The molecule has 0 spiro atoms. The first-order valence-electron chi connectivity index (χ1n) is 6.34. The zero-order chi connectivity index (χ0) is 15.2. The van der Waals surface area contributed by atoms with Crippen molar-refractivity contribution >= 4 is 34.2 Å². The minimum absolute atomic E-state index is 0.00957. The number of rotatable bonds is 6. The van der Waals surface area contributed by atoms with Gasteiger partial charge in [0.2, 0.25) is 0 Å². The van der Waals surface area contributed by atoms with Crippen LogP contribution < -0.4 is 4.74 Å². The maximum Gasteiger partial charge on any atom is 0.273 e. The smallest absolute Gasteiger partial charge is 0.273 e. The molecule has 0 fully saturated rings. The molecular weight excluding hydrogens is 354 g/mol. The lowest BCUT2D eigenvalue weighted by Gasteiger charge is -2.16. The Morgan fingerprint density at radius 2 is 1.95 bits per heavy atom. The van der Waals surface area contributed by atoms with Gasteiger partial charge in [0.15, 0.2) is 0 Å². The Hall–Kier alpha value is -1.53. The molecule has 2 aromatic rings. The van der Waals surface area contributed by atoms with Gasteiger partial charge in [-0.3, -0.25) is 10.1 Å². The molecule has 2 aromatic carbocycles. The van der Waals surface area contributed by atoms with E-state index in [0.717, 1.165) is 5.56 Å². The Kier molecular flexibility index (Phi) is 5.64. The van der Waals surface area contributed by atoms with Gasteiger partial charge >= 0.3 is 0 Å². The molecule has 0 aliphatic heterocycles. The molecule has 4 nitrogen and oxygen atoms in total. The fourth-order valence-electron chi connectivity index (χ4n) is 1.89. The minimum atomic E-state index is -0.438. The predicted octanol–water partition coefficient (Wildman–Crippen LogP) is 4.45. The molecule has 0 bridgehead atoms. The SMILES string of the molecule is O=[N+]([O-])c1ccc(Br)c(OCC(CS)c2ccccc2)c1. The summed E-state index contributed by atoms with van der Waals surface area (Å²) >= 11 is 7.69. The highest BCUT2D eigenvalue weighted by molar-refractivity contribution is 9.10. The molecule has 0 radical (unpaired) electrons. The van der Waals surface area contributed by atoms with Crippen molar-refractivity contribution in [3.8, 4) is 5.75 Å². The molecular formula is C15H14BrNO3S. The van der Waals surface area contributed by atoms with Gasteiger partial charge in [-0.05, 0) is 27.6 Å². The van der Waals surface area contributed by atoms with E-state index in [-0.39, 0.29) is 11.6 Å². The summed E-state index contributed by atoms with van der Waals surface area (Å²) in [6, 6.07) is 14.4. The molecule has 1 unspecified atom stereocenters. The molecule has 0 saturated carbocycles. The second-order valence-electron chi connectivity index (χ2n) is 4.47. The van der Waals surface area contributed by atoms with Gasteiger partial charge in [0.1, 0.15) is 5.75 Å². The largest absolute Gasteiger partial charge is 0.491 e. The summed E-state index contributed by atoms with van der Waals surface area (Å²) in [5.74, 6) is 1.23. The van der Waals surface area contributed by atoms with Crippen molar-refractivity contribution in [3.05, 3.63) is 68.7 Å². The second-order valence-corrected chi connectivity index (χ2v) is 5.69. The molecule has 6 heteroatoms. The van der Waals surface area contributed by atoms with Crippen molar-refractivity contribution < 1.29 is 9.66 Å². The van der Waals surface area contributed by atoms with Crippen molar-refractivity contribution in [1.29, 1.82) is 0 Å². The summed E-state index contributed by atoms with van der Waals surface area (Å²) < 4.78 is 6.43. The highest BCUT2D eigenvalue weighted by atomic mass is 79.9. The molecule has 0 saturated heterocycles. The van der Waals surface area contributed by atoms with Gasteiger partial charge in [0.25, 0.3) is 5.69 Å². The number of nitro groups is 1. The third-order valence-electron chi connectivity index (χ3n) is 3.06. The topological polar surface area (TPSA) is 52.4 Å². The zero-order valence-corrected chi connectivity index (χ0v) is 13.6. The van der Waals surface area contributed by atoms with Crippen LogP contribution in [0.5, 0.6) is 5.75 Å². The van der Waals surface area contributed by atoms with Crippen LogP contribution in [-0.4, -0.2) is 17.3 Å². The van der Waals surface area contributed by atoms with E-state index in [1.165, 1.54) is 12.1 Å². The van der Waals surface area contributed by atoms with Crippen LogP contribution in [0.4, 0.5) is 5.69 Å². The van der Waals surface area contributed by atoms with E-state index in [1.807, 2.05) is 30.3 Å². The van der Waals surface area contributed by atoms with Crippen molar-refractivity contribution in [2.24, 2.45) is 0 Å². The third-order valence-corrected chi connectivity index (χ3v) is 4.15. The van der Waals surface area contributed by atoms with Crippen LogP contribution in [0.2, 0.25) is 0 Å². The van der Waals surface area contributed by atoms with E-state index in [4.69, 9.17) is 4.74 Å². The summed E-state index contributed by atoms with van der Waals surface area (Å²) in [5, 5.41) is 10.8. The van der Waals surface area contributed by atoms with Gasteiger partial charge < -0.3 is 4.74 Å². The highest BCUT2D eigenvalue weighted by Gasteiger charge is 2.14. The molecule has 0 aromatic heterocycles. The Balaban J connectivity index is 2.11. The Morgan fingerprint density at radius 3 is 2.57 bits per heavy atom. The third kappa shape index (κ3) is 4.22. The number of nitro benzene ring substituents is 1. The number of hydrogen-bond acceptors (Lipinski definition) is 4. The van der Waals surface area contributed by atoms with E-state index in [9.17, 15) is 10.1 Å². The number of hydrogen-bond donors (Lipinski definition) is 1. The van der Waals surface area contributed by atoms with Crippen LogP contribution in [0.3, 0.4) is 0 Å². The Labute approximate surface area is 136 Å². The number of thiol groups is 1. The lowest BCUT2D eigenvalue weighted by Crippen LogP contribution is -2.12. The molecule has 21 heavy (non-hydrogen) atoms. The maximum atomic E-state index is 10.8. The minimum Gasteiger partial charge on any atom is -0.491 e. The average Bonchev–Trinajstić information content (AvgIpc) is 2.50. The maximum absolute atomic E-state index is 10.8. The van der Waals surface area contributed by atoms with Crippen molar-refractivity contribution in [2.75, 3.05) is 12.4 Å².